The van der Waals surface area contributed by atoms with E-state index >= 15 is 0 Å². The molecule has 2 N–H and O–H groups in total. The lowest BCUT2D eigenvalue weighted by atomic mass is 10.2. The number of nitrogens with one attached hydrogen (secondary N) is 2. The van der Waals surface area contributed by atoms with E-state index in [1.807, 2.05) is 12.1 Å². The summed E-state index contributed by atoms with van der Waals surface area (Å²) >= 11 is 0. The third kappa shape index (κ3) is 3.69. The van der Waals surface area contributed by atoms with Crippen LogP contribution >= 0.6 is 0 Å². The van der Waals surface area contributed by atoms with Crippen molar-refractivity contribution in [1.29, 1.82) is 0 Å². The number of hydrazone groups is 1. The average molecular weight is 245 g/mol. The van der Waals surface area contributed by atoms with Gasteiger partial charge in [0.1, 0.15) is 0 Å². The van der Waals surface area contributed by atoms with Crippen molar-refractivity contribution in [3.8, 4) is 0 Å². The Balaban J connectivity index is 1.86. The first-order chi connectivity index (χ1) is 8.65. The topological polar surface area (TPSA) is 70.6 Å². The second-order valence-corrected chi connectivity index (χ2v) is 4.31. The van der Waals surface area contributed by atoms with Gasteiger partial charge in [-0.25, -0.2) is 5.43 Å². The fourth-order valence-corrected chi connectivity index (χ4v) is 1.46. The Kier molecular flexibility index (Phi) is 3.72. The van der Waals surface area contributed by atoms with E-state index in [0.29, 0.717) is 0 Å². The normalized spacial score (nSPS) is 14.5. The van der Waals surface area contributed by atoms with E-state index in [4.69, 9.17) is 0 Å². The summed E-state index contributed by atoms with van der Waals surface area (Å²) in [5.41, 5.74) is 4.10. The first kappa shape index (κ1) is 12.3. The molecule has 18 heavy (non-hydrogen) atoms. The summed E-state index contributed by atoms with van der Waals surface area (Å²) in [5, 5.41) is 6.56. The summed E-state index contributed by atoms with van der Waals surface area (Å²) in [6.45, 7) is 1.46. The minimum absolute atomic E-state index is 0.0129. The van der Waals surface area contributed by atoms with Crippen LogP contribution in [0.2, 0.25) is 0 Å². The summed E-state index contributed by atoms with van der Waals surface area (Å²) in [5.74, 6) is 0.0403. The van der Waals surface area contributed by atoms with Crippen molar-refractivity contribution in [2.75, 3.05) is 5.32 Å². The Labute approximate surface area is 105 Å². The van der Waals surface area contributed by atoms with Crippen LogP contribution in [0.4, 0.5) is 5.69 Å². The largest absolute Gasteiger partial charge is 0.326 e. The Hall–Kier alpha value is -2.17. The van der Waals surface area contributed by atoms with Gasteiger partial charge in [0.2, 0.25) is 11.8 Å². The molecular weight excluding hydrogens is 230 g/mol. The van der Waals surface area contributed by atoms with E-state index in [0.717, 1.165) is 24.1 Å². The second-order valence-electron chi connectivity index (χ2n) is 4.31. The molecule has 0 bridgehead atoms. The van der Waals surface area contributed by atoms with Gasteiger partial charge in [0.05, 0.1) is 6.21 Å². The maximum absolute atomic E-state index is 11.3. The van der Waals surface area contributed by atoms with E-state index in [9.17, 15) is 9.59 Å². The highest BCUT2D eigenvalue weighted by Crippen LogP contribution is 2.28. The van der Waals surface area contributed by atoms with Gasteiger partial charge in [-0.15, -0.1) is 0 Å². The first-order valence-corrected chi connectivity index (χ1v) is 5.86. The highest BCUT2D eigenvalue weighted by atomic mass is 16.2. The lowest BCUT2D eigenvalue weighted by Gasteiger charge is -2.01. The van der Waals surface area contributed by atoms with Crippen molar-refractivity contribution < 1.29 is 9.59 Å². The van der Waals surface area contributed by atoms with Crippen LogP contribution in [0.15, 0.2) is 29.4 Å². The van der Waals surface area contributed by atoms with Crippen molar-refractivity contribution >= 4 is 23.7 Å². The number of amides is 2. The molecular formula is C13H15N3O2. The third-order valence-electron chi connectivity index (χ3n) is 2.57. The SMILES string of the molecule is CC(=O)Nc1ccc(/C=N/NC(=O)C2CC2)cc1. The quantitative estimate of drug-likeness (QED) is 0.623. The third-order valence-corrected chi connectivity index (χ3v) is 2.57. The number of rotatable bonds is 4. The summed E-state index contributed by atoms with van der Waals surface area (Å²) in [6, 6.07) is 7.20. The molecule has 1 fully saturated rings. The molecule has 1 aliphatic carbocycles. The molecule has 0 spiro atoms. The van der Waals surface area contributed by atoms with E-state index in [-0.39, 0.29) is 17.7 Å². The molecule has 0 aliphatic heterocycles. The summed E-state index contributed by atoms with van der Waals surface area (Å²) in [6.07, 6.45) is 3.51. The number of carbonyl (C=O) groups is 2. The van der Waals surface area contributed by atoms with Crippen LogP contribution in [0, 0.1) is 5.92 Å². The highest BCUT2D eigenvalue weighted by Gasteiger charge is 2.29. The lowest BCUT2D eigenvalue weighted by molar-refractivity contribution is -0.122. The number of benzene rings is 1. The molecule has 5 nitrogen and oxygen atoms in total. The van der Waals surface area contributed by atoms with Crippen LogP contribution in [0.25, 0.3) is 0 Å². The van der Waals surface area contributed by atoms with Crippen LogP contribution in [0.1, 0.15) is 25.3 Å². The van der Waals surface area contributed by atoms with Crippen molar-refractivity contribution in [2.45, 2.75) is 19.8 Å². The van der Waals surface area contributed by atoms with Crippen LogP contribution in [0.5, 0.6) is 0 Å². The molecule has 0 saturated heterocycles. The molecule has 1 aliphatic rings. The van der Waals surface area contributed by atoms with Gasteiger partial charge < -0.3 is 5.32 Å². The molecule has 0 heterocycles. The maximum atomic E-state index is 11.3. The van der Waals surface area contributed by atoms with Crippen molar-refractivity contribution in [2.24, 2.45) is 11.0 Å². The predicted octanol–water partition coefficient (Wildman–Crippen LogP) is 1.51. The molecule has 0 atom stereocenters. The highest BCUT2D eigenvalue weighted by molar-refractivity contribution is 5.89. The minimum Gasteiger partial charge on any atom is -0.326 e. The molecule has 1 aromatic rings. The maximum Gasteiger partial charge on any atom is 0.243 e. The van der Waals surface area contributed by atoms with Gasteiger partial charge in [-0.2, -0.15) is 5.10 Å². The molecule has 5 heteroatoms. The summed E-state index contributed by atoms with van der Waals surface area (Å²) in [7, 11) is 0. The van der Waals surface area contributed by atoms with Gasteiger partial charge in [-0.3, -0.25) is 9.59 Å². The number of carbonyl (C=O) groups excluding carboxylic acids is 2. The van der Waals surface area contributed by atoms with Crippen LogP contribution in [0.3, 0.4) is 0 Å². The first-order valence-electron chi connectivity index (χ1n) is 5.86. The van der Waals surface area contributed by atoms with E-state index in [1.165, 1.54) is 6.92 Å². The molecule has 2 rings (SSSR count). The number of anilines is 1. The average Bonchev–Trinajstić information content (AvgIpc) is 3.14. The van der Waals surface area contributed by atoms with E-state index in [1.54, 1.807) is 18.3 Å². The molecule has 0 unspecified atom stereocenters. The zero-order valence-electron chi connectivity index (χ0n) is 10.1. The second kappa shape index (κ2) is 5.44. The van der Waals surface area contributed by atoms with Gasteiger partial charge in [0.25, 0.3) is 0 Å². The van der Waals surface area contributed by atoms with Crippen molar-refractivity contribution in [3.05, 3.63) is 29.8 Å². The van der Waals surface area contributed by atoms with E-state index in [2.05, 4.69) is 15.8 Å². The Morgan fingerprint density at radius 3 is 2.50 bits per heavy atom. The number of hydrogen-bond acceptors (Lipinski definition) is 3. The van der Waals surface area contributed by atoms with Crippen LogP contribution in [-0.2, 0) is 9.59 Å². The predicted molar refractivity (Wildman–Crippen MR) is 69.2 cm³/mol. The standard InChI is InChI=1S/C13H15N3O2/c1-9(17)15-12-6-2-10(3-7-12)8-14-16-13(18)11-4-5-11/h2-3,6-8,11H,4-5H2,1H3,(H,15,17)(H,16,18)/b14-8+. The van der Waals surface area contributed by atoms with Gasteiger partial charge in [0, 0.05) is 18.5 Å². The monoisotopic (exact) mass is 245 g/mol. The zero-order chi connectivity index (χ0) is 13.0. The smallest absolute Gasteiger partial charge is 0.243 e. The Bertz CT molecular complexity index is 476. The Morgan fingerprint density at radius 1 is 1.28 bits per heavy atom. The fraction of sp³-hybridized carbons (Fsp3) is 0.308. The molecule has 94 valence electrons. The summed E-state index contributed by atoms with van der Waals surface area (Å²) in [4.78, 5) is 22.1. The van der Waals surface area contributed by atoms with Gasteiger partial charge >= 0.3 is 0 Å². The lowest BCUT2D eigenvalue weighted by Crippen LogP contribution is -2.18. The minimum atomic E-state index is -0.104. The zero-order valence-corrected chi connectivity index (χ0v) is 10.1. The number of hydrogen-bond donors (Lipinski definition) is 2. The van der Waals surface area contributed by atoms with Gasteiger partial charge in [-0.05, 0) is 30.5 Å². The van der Waals surface area contributed by atoms with Gasteiger partial charge in [-0.1, -0.05) is 12.1 Å². The molecule has 1 saturated carbocycles. The van der Waals surface area contributed by atoms with E-state index < -0.39 is 0 Å². The molecule has 0 radical (unpaired) electrons. The van der Waals surface area contributed by atoms with Gasteiger partial charge in [0.15, 0.2) is 0 Å². The number of nitrogens with zero attached hydrogens (tertiary/aromatic N) is 1. The van der Waals surface area contributed by atoms with Crippen molar-refractivity contribution in [3.63, 3.8) is 0 Å². The van der Waals surface area contributed by atoms with Crippen LogP contribution < -0.4 is 10.7 Å². The molecule has 2 amide bonds. The summed E-state index contributed by atoms with van der Waals surface area (Å²) < 4.78 is 0. The fourth-order valence-electron chi connectivity index (χ4n) is 1.46. The molecule has 1 aromatic carbocycles. The van der Waals surface area contributed by atoms with Crippen molar-refractivity contribution in [1.82, 2.24) is 5.43 Å². The molecule has 0 aromatic heterocycles. The Morgan fingerprint density at radius 2 is 1.94 bits per heavy atom. The van der Waals surface area contributed by atoms with Crippen LogP contribution in [-0.4, -0.2) is 18.0 Å².